The van der Waals surface area contributed by atoms with Crippen molar-refractivity contribution < 1.29 is 17.9 Å². The van der Waals surface area contributed by atoms with E-state index < -0.39 is 15.8 Å². The molecule has 0 spiro atoms. The van der Waals surface area contributed by atoms with Crippen molar-refractivity contribution in [2.75, 3.05) is 43.3 Å². The Hall–Kier alpha value is -1.83. The number of pyridine rings is 1. The van der Waals surface area contributed by atoms with E-state index in [0.717, 1.165) is 6.26 Å². The number of esters is 1. The molecule has 0 saturated carbocycles. The number of aromatic nitrogens is 1. The Bertz CT molecular complexity index is 571. The zero-order chi connectivity index (χ0) is 14.6. The van der Waals surface area contributed by atoms with Gasteiger partial charge in [-0.05, 0) is 6.07 Å². The van der Waals surface area contributed by atoms with Crippen molar-refractivity contribution in [1.82, 2.24) is 4.98 Å². The second-order valence-corrected chi connectivity index (χ2v) is 6.43. The summed E-state index contributed by atoms with van der Waals surface area (Å²) < 4.78 is 26.8. The monoisotopic (exact) mass is 287 g/mol. The van der Waals surface area contributed by atoms with E-state index in [9.17, 15) is 13.2 Å². The number of anilines is 2. The molecule has 106 valence electrons. The molecule has 1 heterocycles. The minimum Gasteiger partial charge on any atom is -0.465 e. The number of nitrogens with two attached hydrogens (primary N) is 1. The molecule has 0 unspecified atom stereocenters. The van der Waals surface area contributed by atoms with Crippen LogP contribution in [0.4, 0.5) is 11.5 Å². The minimum absolute atomic E-state index is 0.00309. The quantitative estimate of drug-likeness (QED) is 0.756. The molecule has 1 rings (SSSR count). The van der Waals surface area contributed by atoms with Crippen molar-refractivity contribution in [3.8, 4) is 0 Å². The number of carbonyl (C=O) groups is 1. The number of nitrogens with zero attached hydrogens (tertiary/aromatic N) is 2. The number of carbonyl (C=O) groups excluding carboxylic acids is 1. The normalized spacial score (nSPS) is 11.1. The molecule has 0 radical (unpaired) electrons. The van der Waals surface area contributed by atoms with E-state index in [-0.39, 0.29) is 23.5 Å². The highest BCUT2D eigenvalue weighted by Crippen LogP contribution is 2.18. The summed E-state index contributed by atoms with van der Waals surface area (Å²) in [4.78, 5) is 17.2. The first-order chi connectivity index (χ1) is 8.74. The molecule has 8 heteroatoms. The SMILES string of the molecule is COC(=O)c1cc(N(C)CCS(C)(=O)=O)ncc1N. The van der Waals surface area contributed by atoms with Crippen LogP contribution in [0.25, 0.3) is 0 Å². The number of hydrogen-bond acceptors (Lipinski definition) is 7. The van der Waals surface area contributed by atoms with Crippen LogP contribution in [0.1, 0.15) is 10.4 Å². The fraction of sp³-hybridized carbons (Fsp3) is 0.455. The summed E-state index contributed by atoms with van der Waals surface area (Å²) in [5.41, 5.74) is 6.05. The summed E-state index contributed by atoms with van der Waals surface area (Å²) >= 11 is 0. The first-order valence-electron chi connectivity index (χ1n) is 5.47. The third-order valence-electron chi connectivity index (χ3n) is 2.51. The Morgan fingerprint density at radius 3 is 2.68 bits per heavy atom. The molecule has 19 heavy (non-hydrogen) atoms. The summed E-state index contributed by atoms with van der Waals surface area (Å²) in [5, 5.41) is 0. The van der Waals surface area contributed by atoms with Crippen LogP contribution in [-0.4, -0.2) is 52.1 Å². The van der Waals surface area contributed by atoms with Gasteiger partial charge in [0, 0.05) is 19.8 Å². The molecule has 2 N–H and O–H groups in total. The van der Waals surface area contributed by atoms with Crippen LogP contribution >= 0.6 is 0 Å². The fourth-order valence-corrected chi connectivity index (χ4v) is 1.97. The highest BCUT2D eigenvalue weighted by Gasteiger charge is 2.14. The molecule has 0 bridgehead atoms. The van der Waals surface area contributed by atoms with Gasteiger partial charge in [0.05, 0.1) is 30.3 Å². The van der Waals surface area contributed by atoms with Crippen LogP contribution in [0.15, 0.2) is 12.3 Å². The second-order valence-electron chi connectivity index (χ2n) is 4.17. The van der Waals surface area contributed by atoms with Gasteiger partial charge in [-0.3, -0.25) is 0 Å². The number of sulfone groups is 1. The first kappa shape index (κ1) is 15.2. The number of nitrogen functional groups attached to an aromatic ring is 1. The molecule has 7 nitrogen and oxygen atoms in total. The van der Waals surface area contributed by atoms with Gasteiger partial charge in [0.1, 0.15) is 15.7 Å². The summed E-state index contributed by atoms with van der Waals surface area (Å²) in [6, 6.07) is 1.48. The van der Waals surface area contributed by atoms with Gasteiger partial charge in [0.25, 0.3) is 0 Å². The third kappa shape index (κ3) is 4.40. The van der Waals surface area contributed by atoms with E-state index >= 15 is 0 Å². The number of hydrogen-bond donors (Lipinski definition) is 1. The number of ether oxygens (including phenoxy) is 1. The van der Waals surface area contributed by atoms with E-state index in [1.54, 1.807) is 11.9 Å². The fourth-order valence-electron chi connectivity index (χ4n) is 1.37. The Kier molecular flexibility index (Phi) is 4.71. The van der Waals surface area contributed by atoms with Crippen molar-refractivity contribution in [3.05, 3.63) is 17.8 Å². The average molecular weight is 287 g/mol. The van der Waals surface area contributed by atoms with Crippen LogP contribution in [-0.2, 0) is 14.6 Å². The number of methoxy groups -OCH3 is 1. The summed E-state index contributed by atoms with van der Waals surface area (Å²) in [6.07, 6.45) is 2.51. The summed E-state index contributed by atoms with van der Waals surface area (Å²) in [7, 11) is -0.108. The maximum Gasteiger partial charge on any atom is 0.340 e. The first-order valence-corrected chi connectivity index (χ1v) is 7.53. The van der Waals surface area contributed by atoms with Gasteiger partial charge < -0.3 is 15.4 Å². The van der Waals surface area contributed by atoms with E-state index in [1.165, 1.54) is 19.4 Å². The van der Waals surface area contributed by atoms with Gasteiger partial charge in [-0.15, -0.1) is 0 Å². The molecule has 1 aromatic rings. The summed E-state index contributed by atoms with van der Waals surface area (Å²) in [6.45, 7) is 0.274. The van der Waals surface area contributed by atoms with Crippen LogP contribution < -0.4 is 10.6 Å². The zero-order valence-electron chi connectivity index (χ0n) is 11.1. The lowest BCUT2D eigenvalue weighted by Crippen LogP contribution is -2.26. The van der Waals surface area contributed by atoms with E-state index in [2.05, 4.69) is 9.72 Å². The molecule has 0 saturated heterocycles. The predicted octanol–water partition coefficient (Wildman–Crippen LogP) is -0.0688. The topological polar surface area (TPSA) is 103 Å². The molecule has 0 aliphatic heterocycles. The van der Waals surface area contributed by atoms with E-state index in [4.69, 9.17) is 5.73 Å². The van der Waals surface area contributed by atoms with Gasteiger partial charge >= 0.3 is 5.97 Å². The molecule has 0 fully saturated rings. The lowest BCUT2D eigenvalue weighted by molar-refractivity contribution is 0.0602. The van der Waals surface area contributed by atoms with Crippen LogP contribution in [0.2, 0.25) is 0 Å². The summed E-state index contributed by atoms with van der Waals surface area (Å²) in [5.74, 6) is -0.0979. The third-order valence-corrected chi connectivity index (χ3v) is 3.44. The average Bonchev–Trinajstić information content (AvgIpc) is 2.34. The van der Waals surface area contributed by atoms with Gasteiger partial charge in [0.2, 0.25) is 0 Å². The van der Waals surface area contributed by atoms with Crippen LogP contribution in [0, 0.1) is 0 Å². The van der Waals surface area contributed by atoms with Crippen molar-refractivity contribution in [1.29, 1.82) is 0 Å². The van der Waals surface area contributed by atoms with Gasteiger partial charge in [-0.1, -0.05) is 0 Å². The molecule has 0 amide bonds. The van der Waals surface area contributed by atoms with E-state index in [0.29, 0.717) is 5.82 Å². The zero-order valence-corrected chi connectivity index (χ0v) is 11.9. The molecule has 0 aliphatic rings. The van der Waals surface area contributed by atoms with Gasteiger partial charge in [-0.25, -0.2) is 18.2 Å². The number of rotatable bonds is 5. The predicted molar refractivity (Wildman–Crippen MR) is 73.0 cm³/mol. The maximum absolute atomic E-state index is 11.5. The van der Waals surface area contributed by atoms with Crippen molar-refractivity contribution in [3.63, 3.8) is 0 Å². The van der Waals surface area contributed by atoms with Crippen LogP contribution in [0.3, 0.4) is 0 Å². The maximum atomic E-state index is 11.5. The molecule has 0 aliphatic carbocycles. The van der Waals surface area contributed by atoms with Gasteiger partial charge in [-0.2, -0.15) is 0 Å². The highest BCUT2D eigenvalue weighted by molar-refractivity contribution is 7.90. The lowest BCUT2D eigenvalue weighted by atomic mass is 10.2. The van der Waals surface area contributed by atoms with Crippen molar-refractivity contribution >= 4 is 27.3 Å². The largest absolute Gasteiger partial charge is 0.465 e. The van der Waals surface area contributed by atoms with E-state index in [1.807, 2.05) is 0 Å². The molecule has 1 aromatic heterocycles. The standard InChI is InChI=1S/C11H17N3O4S/c1-14(4-5-19(3,16)17)10-6-8(11(15)18-2)9(12)7-13-10/h6-7H,4-5,12H2,1-3H3. The molecule has 0 aromatic carbocycles. The van der Waals surface area contributed by atoms with Crippen molar-refractivity contribution in [2.24, 2.45) is 0 Å². The molecular weight excluding hydrogens is 270 g/mol. The van der Waals surface area contributed by atoms with Gasteiger partial charge in [0.15, 0.2) is 0 Å². The lowest BCUT2D eigenvalue weighted by Gasteiger charge is -2.18. The Morgan fingerprint density at radius 2 is 2.16 bits per heavy atom. The molecular formula is C11H17N3O4S. The smallest absolute Gasteiger partial charge is 0.340 e. The molecule has 0 atom stereocenters. The second kappa shape index (κ2) is 5.87. The van der Waals surface area contributed by atoms with Crippen molar-refractivity contribution in [2.45, 2.75) is 0 Å². The Balaban J connectivity index is 2.92. The van der Waals surface area contributed by atoms with Crippen LogP contribution in [0.5, 0.6) is 0 Å². The Morgan fingerprint density at radius 1 is 1.53 bits per heavy atom. The minimum atomic E-state index is -3.05. The highest BCUT2D eigenvalue weighted by atomic mass is 32.2. The Labute approximate surface area is 112 Å².